The average molecular weight is 515 g/mol. The summed E-state index contributed by atoms with van der Waals surface area (Å²) in [6.07, 6.45) is 18.6. The molecule has 204 valence electrons. The minimum atomic E-state index is -1.78. The Bertz CT molecular complexity index is 798. The molecule has 3 nitrogen and oxygen atoms in total. The van der Waals surface area contributed by atoms with Gasteiger partial charge in [0.25, 0.3) is 0 Å². The van der Waals surface area contributed by atoms with E-state index in [-0.39, 0.29) is 10.8 Å². The zero-order valence-electron chi connectivity index (χ0n) is 24.1. The van der Waals surface area contributed by atoms with Crippen molar-refractivity contribution >= 4 is 20.4 Å². The Morgan fingerprint density at radius 3 is 2.19 bits per heavy atom. The predicted molar refractivity (Wildman–Crippen MR) is 151 cm³/mol. The molecule has 4 heteroatoms. The van der Waals surface area contributed by atoms with Crippen LogP contribution in [-0.4, -0.2) is 26.5 Å². The fraction of sp³-hybridized carbons (Fsp3) is 0.875. The van der Waals surface area contributed by atoms with Crippen LogP contribution in [0.25, 0.3) is 0 Å². The maximum atomic E-state index is 13.0. The van der Waals surface area contributed by atoms with Gasteiger partial charge in [0.05, 0.1) is 5.41 Å². The standard InChI is InChI=1S/C32H54O3Si/c1-6-9-18-36(19-10-7-2,20-11-8-3)35-26-14-17-32(23-33)25(22-26)21-24(4)30-27-12-13-29(34)31(27,5)16-15-28(30)32/h21,23-24,26-28,30H,6-20,22H2,1-5H3/t24?,26?,27-,28+,30-,31-,32+/m0/s1. The molecule has 4 rings (SSSR count). The summed E-state index contributed by atoms with van der Waals surface area (Å²) in [5.41, 5.74) is 0.957. The summed E-state index contributed by atoms with van der Waals surface area (Å²) in [5.74, 6) is 2.29. The second-order valence-corrected chi connectivity index (χ2v) is 17.5. The quantitative estimate of drug-likeness (QED) is 0.149. The highest BCUT2D eigenvalue weighted by Gasteiger charge is 2.61. The summed E-state index contributed by atoms with van der Waals surface area (Å²) < 4.78 is 7.33. The van der Waals surface area contributed by atoms with E-state index in [9.17, 15) is 9.59 Å². The summed E-state index contributed by atoms with van der Waals surface area (Å²) in [4.78, 5) is 25.8. The van der Waals surface area contributed by atoms with Crippen LogP contribution in [0.3, 0.4) is 0 Å². The first-order chi connectivity index (χ1) is 17.3. The van der Waals surface area contributed by atoms with Crippen molar-refractivity contribution in [3.05, 3.63) is 11.6 Å². The first-order valence-electron chi connectivity index (χ1n) is 15.7. The Hall–Kier alpha value is -0.743. The zero-order chi connectivity index (χ0) is 26.0. The van der Waals surface area contributed by atoms with Gasteiger partial charge in [-0.2, -0.15) is 0 Å². The largest absolute Gasteiger partial charge is 0.414 e. The summed E-state index contributed by atoms with van der Waals surface area (Å²) in [7, 11) is -1.78. The Balaban J connectivity index is 1.58. The summed E-state index contributed by atoms with van der Waals surface area (Å²) in [6, 6.07) is 3.94. The number of carbonyl (C=O) groups is 2. The van der Waals surface area contributed by atoms with Gasteiger partial charge in [0.2, 0.25) is 0 Å². The van der Waals surface area contributed by atoms with Crippen LogP contribution in [0.15, 0.2) is 11.6 Å². The third-order valence-electron chi connectivity index (χ3n) is 11.3. The highest BCUT2D eigenvalue weighted by molar-refractivity contribution is 6.73. The van der Waals surface area contributed by atoms with Crippen molar-refractivity contribution in [1.29, 1.82) is 0 Å². The number of carbonyl (C=O) groups excluding carboxylic acids is 2. The summed E-state index contributed by atoms with van der Waals surface area (Å²) >= 11 is 0. The van der Waals surface area contributed by atoms with E-state index in [0.29, 0.717) is 35.6 Å². The molecule has 0 aliphatic heterocycles. The lowest BCUT2D eigenvalue weighted by molar-refractivity contribution is -0.136. The highest BCUT2D eigenvalue weighted by atomic mass is 28.4. The fourth-order valence-corrected chi connectivity index (χ4v) is 14.2. The maximum Gasteiger partial charge on any atom is 0.193 e. The molecule has 0 saturated heterocycles. The van der Waals surface area contributed by atoms with Crippen molar-refractivity contribution in [2.75, 3.05) is 0 Å². The van der Waals surface area contributed by atoms with Gasteiger partial charge in [0.1, 0.15) is 12.1 Å². The molecule has 0 aromatic carbocycles. The van der Waals surface area contributed by atoms with Gasteiger partial charge < -0.3 is 9.22 Å². The zero-order valence-corrected chi connectivity index (χ0v) is 25.1. The molecule has 4 aliphatic rings. The summed E-state index contributed by atoms with van der Waals surface area (Å²) in [5, 5.41) is 0. The number of allylic oxidation sites excluding steroid dienone is 1. The van der Waals surface area contributed by atoms with Crippen molar-refractivity contribution in [2.45, 2.75) is 142 Å². The maximum absolute atomic E-state index is 13.0. The van der Waals surface area contributed by atoms with Gasteiger partial charge in [0, 0.05) is 17.9 Å². The molecule has 3 fully saturated rings. The molecule has 0 radical (unpaired) electrons. The molecular formula is C32H54O3Si. The van der Waals surface area contributed by atoms with E-state index in [1.54, 1.807) is 0 Å². The molecule has 3 saturated carbocycles. The van der Waals surface area contributed by atoms with Crippen LogP contribution >= 0.6 is 0 Å². The number of fused-ring (bicyclic) bond motifs is 5. The predicted octanol–water partition coefficient (Wildman–Crippen LogP) is 8.67. The van der Waals surface area contributed by atoms with Gasteiger partial charge in [-0.1, -0.05) is 84.8 Å². The van der Waals surface area contributed by atoms with E-state index in [4.69, 9.17) is 4.43 Å². The first-order valence-corrected chi connectivity index (χ1v) is 18.2. The van der Waals surface area contributed by atoms with Crippen molar-refractivity contribution < 1.29 is 14.0 Å². The molecule has 0 bridgehead atoms. The monoisotopic (exact) mass is 514 g/mol. The van der Waals surface area contributed by atoms with Crippen LogP contribution in [0.1, 0.15) is 118 Å². The SMILES string of the molecule is CCCC[Si](CCCC)(CCCC)OC1CC[C@@]2(C=O)C(=CC(C)[C@@H]3[C@H]2CC[C@]2(C)C(=O)CC[C@@H]32)C1. The van der Waals surface area contributed by atoms with Gasteiger partial charge in [-0.15, -0.1) is 0 Å². The minimum absolute atomic E-state index is 0.145. The molecule has 7 atom stereocenters. The van der Waals surface area contributed by atoms with E-state index in [2.05, 4.69) is 40.7 Å². The van der Waals surface area contributed by atoms with Crippen molar-refractivity contribution in [1.82, 2.24) is 0 Å². The Labute approximate surface area is 222 Å². The van der Waals surface area contributed by atoms with E-state index in [1.807, 2.05) is 0 Å². The normalized spacial score (nSPS) is 38.2. The first kappa shape index (κ1) is 28.3. The molecule has 0 amide bonds. The molecule has 36 heavy (non-hydrogen) atoms. The average Bonchev–Trinajstić information content (AvgIpc) is 3.19. The van der Waals surface area contributed by atoms with Crippen LogP contribution in [-0.2, 0) is 14.0 Å². The molecule has 0 spiro atoms. The lowest BCUT2D eigenvalue weighted by atomic mass is 9.46. The Morgan fingerprint density at radius 1 is 0.972 bits per heavy atom. The van der Waals surface area contributed by atoms with E-state index in [0.717, 1.165) is 44.9 Å². The smallest absolute Gasteiger partial charge is 0.193 e. The minimum Gasteiger partial charge on any atom is -0.414 e. The number of hydrogen-bond donors (Lipinski definition) is 0. The number of hydrogen-bond acceptors (Lipinski definition) is 3. The third-order valence-corrected chi connectivity index (χ3v) is 15.9. The second kappa shape index (κ2) is 11.6. The Kier molecular flexibility index (Phi) is 9.08. The van der Waals surface area contributed by atoms with E-state index in [1.165, 1.54) is 68.5 Å². The van der Waals surface area contributed by atoms with Crippen LogP contribution in [0, 0.1) is 34.5 Å². The Morgan fingerprint density at radius 2 is 1.61 bits per heavy atom. The van der Waals surface area contributed by atoms with E-state index < -0.39 is 8.32 Å². The molecule has 2 unspecified atom stereocenters. The molecule has 4 aliphatic carbocycles. The highest BCUT2D eigenvalue weighted by Crippen LogP contribution is 2.65. The van der Waals surface area contributed by atoms with Gasteiger partial charge in [-0.05, 0) is 80.3 Å². The number of rotatable bonds is 12. The molecule has 0 aromatic heterocycles. The topological polar surface area (TPSA) is 43.4 Å². The van der Waals surface area contributed by atoms with Gasteiger partial charge in [0.15, 0.2) is 8.32 Å². The lowest BCUT2D eigenvalue weighted by Crippen LogP contribution is -2.55. The van der Waals surface area contributed by atoms with Crippen LogP contribution in [0.4, 0.5) is 0 Å². The number of aldehydes is 1. The van der Waals surface area contributed by atoms with Crippen LogP contribution < -0.4 is 0 Å². The fourth-order valence-electron chi connectivity index (χ4n) is 9.20. The van der Waals surface area contributed by atoms with E-state index >= 15 is 0 Å². The summed E-state index contributed by atoms with van der Waals surface area (Å²) in [6.45, 7) is 11.6. The second-order valence-electron chi connectivity index (χ2n) is 13.4. The molecule has 0 N–H and O–H groups in total. The molecule has 0 heterocycles. The number of Topliss-reactive ketones (excluding diaryl/α,β-unsaturated/α-hetero) is 1. The third kappa shape index (κ3) is 4.99. The van der Waals surface area contributed by atoms with Crippen LogP contribution in [0.5, 0.6) is 0 Å². The molecule has 0 aromatic rings. The van der Waals surface area contributed by atoms with Crippen LogP contribution in [0.2, 0.25) is 18.1 Å². The van der Waals surface area contributed by atoms with Crippen molar-refractivity contribution in [2.24, 2.45) is 34.5 Å². The lowest BCUT2D eigenvalue weighted by Gasteiger charge is -2.58. The van der Waals surface area contributed by atoms with Crippen molar-refractivity contribution in [3.63, 3.8) is 0 Å². The molecular weight excluding hydrogens is 460 g/mol. The number of unbranched alkanes of at least 4 members (excludes halogenated alkanes) is 3. The van der Waals surface area contributed by atoms with Crippen molar-refractivity contribution in [3.8, 4) is 0 Å². The number of ketones is 1. The van der Waals surface area contributed by atoms with Gasteiger partial charge >= 0.3 is 0 Å². The van der Waals surface area contributed by atoms with Gasteiger partial charge in [-0.25, -0.2) is 0 Å². The van der Waals surface area contributed by atoms with Gasteiger partial charge in [-0.3, -0.25) is 4.79 Å².